The molecule has 0 saturated carbocycles. The number of nitrogens with one attached hydrogen (secondary N) is 2. The van der Waals surface area contributed by atoms with E-state index in [4.69, 9.17) is 4.74 Å². The van der Waals surface area contributed by atoms with Gasteiger partial charge in [-0.15, -0.1) is 0 Å². The molecule has 118 valence electrons. The molecule has 0 fully saturated rings. The maximum Gasteiger partial charge on any atom is 0.240 e. The smallest absolute Gasteiger partial charge is 0.240 e. The zero-order chi connectivity index (χ0) is 15.9. The van der Waals surface area contributed by atoms with E-state index in [0.717, 1.165) is 0 Å². The van der Waals surface area contributed by atoms with Crippen molar-refractivity contribution in [1.29, 1.82) is 0 Å². The van der Waals surface area contributed by atoms with E-state index in [2.05, 4.69) is 10.0 Å². The fourth-order valence-corrected chi connectivity index (χ4v) is 2.69. The first kappa shape index (κ1) is 17.5. The first-order chi connectivity index (χ1) is 9.81. The minimum Gasteiger partial charge on any atom is -0.491 e. The molecule has 0 bridgehead atoms. The fraction of sp³-hybridized carbons (Fsp3) is 0.500. The van der Waals surface area contributed by atoms with Crippen LogP contribution in [0.25, 0.3) is 0 Å². The van der Waals surface area contributed by atoms with Crippen molar-refractivity contribution in [3.63, 3.8) is 0 Å². The highest BCUT2D eigenvalue weighted by Gasteiger charge is 2.13. The van der Waals surface area contributed by atoms with Crippen LogP contribution in [0.3, 0.4) is 0 Å². The van der Waals surface area contributed by atoms with Gasteiger partial charge >= 0.3 is 0 Å². The highest BCUT2D eigenvalue weighted by atomic mass is 32.2. The Balaban J connectivity index is 2.52. The molecule has 0 heterocycles. The molecule has 6 nitrogen and oxygen atoms in total. The summed E-state index contributed by atoms with van der Waals surface area (Å²) in [4.78, 5) is 10.9. The van der Waals surface area contributed by atoms with Gasteiger partial charge in [0.25, 0.3) is 0 Å². The summed E-state index contributed by atoms with van der Waals surface area (Å²) in [6.45, 7) is 5.94. The summed E-state index contributed by atoms with van der Waals surface area (Å²) in [5, 5.41) is 2.61. The van der Waals surface area contributed by atoms with Crippen molar-refractivity contribution >= 4 is 15.9 Å². The topological polar surface area (TPSA) is 84.5 Å². The van der Waals surface area contributed by atoms with E-state index in [9.17, 15) is 13.2 Å². The van der Waals surface area contributed by atoms with E-state index in [1.807, 2.05) is 13.8 Å². The molecule has 0 saturated heterocycles. The van der Waals surface area contributed by atoms with Gasteiger partial charge in [0.15, 0.2) is 0 Å². The van der Waals surface area contributed by atoms with Crippen LogP contribution in [0.1, 0.15) is 27.2 Å². The third-order valence-corrected chi connectivity index (χ3v) is 4.00. The molecule has 0 radical (unpaired) electrons. The maximum absolute atomic E-state index is 12.0. The standard InChI is InChI=1S/C14H22N2O4S/c1-11(2)20-13-5-7-14(8-6-13)21(18,19)16-10-4-9-15-12(3)17/h5-8,11,16H,4,9-10H2,1-3H3,(H,15,17). The molecular formula is C14H22N2O4S. The van der Waals surface area contributed by atoms with Crippen LogP contribution < -0.4 is 14.8 Å². The van der Waals surface area contributed by atoms with E-state index >= 15 is 0 Å². The summed E-state index contributed by atoms with van der Waals surface area (Å²) in [5.74, 6) is 0.508. The Labute approximate surface area is 125 Å². The molecule has 7 heteroatoms. The second-order valence-electron chi connectivity index (χ2n) is 4.87. The SMILES string of the molecule is CC(=O)NCCCNS(=O)(=O)c1ccc(OC(C)C)cc1. The number of carbonyl (C=O) groups excluding carboxylic acids is 1. The second-order valence-corrected chi connectivity index (χ2v) is 6.64. The predicted octanol–water partition coefficient (Wildman–Crippen LogP) is 1.28. The highest BCUT2D eigenvalue weighted by molar-refractivity contribution is 7.89. The number of hydrogen-bond acceptors (Lipinski definition) is 4. The van der Waals surface area contributed by atoms with Crippen molar-refractivity contribution in [3.8, 4) is 5.75 Å². The molecule has 0 aromatic heterocycles. The Morgan fingerprint density at radius 3 is 2.33 bits per heavy atom. The van der Waals surface area contributed by atoms with E-state index in [1.54, 1.807) is 12.1 Å². The predicted molar refractivity (Wildman–Crippen MR) is 80.7 cm³/mol. The van der Waals surface area contributed by atoms with Crippen LogP contribution in [0.5, 0.6) is 5.75 Å². The van der Waals surface area contributed by atoms with Crippen LogP contribution in [0.2, 0.25) is 0 Å². The van der Waals surface area contributed by atoms with Gasteiger partial charge in [0.1, 0.15) is 5.75 Å². The lowest BCUT2D eigenvalue weighted by atomic mass is 10.3. The summed E-state index contributed by atoms with van der Waals surface area (Å²) >= 11 is 0. The van der Waals surface area contributed by atoms with Gasteiger partial charge in [-0.3, -0.25) is 4.79 Å². The monoisotopic (exact) mass is 314 g/mol. The number of benzene rings is 1. The van der Waals surface area contributed by atoms with E-state index in [-0.39, 0.29) is 23.5 Å². The number of ether oxygens (including phenoxy) is 1. The van der Waals surface area contributed by atoms with Gasteiger partial charge in [0.2, 0.25) is 15.9 Å². The van der Waals surface area contributed by atoms with Gasteiger partial charge in [-0.25, -0.2) is 13.1 Å². The Morgan fingerprint density at radius 1 is 1.19 bits per heavy atom. The average molecular weight is 314 g/mol. The number of amides is 1. The largest absolute Gasteiger partial charge is 0.491 e. The van der Waals surface area contributed by atoms with Gasteiger partial charge in [-0.1, -0.05) is 0 Å². The van der Waals surface area contributed by atoms with Crippen molar-refractivity contribution in [2.75, 3.05) is 13.1 Å². The molecule has 2 N–H and O–H groups in total. The van der Waals surface area contributed by atoms with E-state index in [0.29, 0.717) is 18.7 Å². The van der Waals surface area contributed by atoms with Crippen LogP contribution in [0, 0.1) is 0 Å². The van der Waals surface area contributed by atoms with Gasteiger partial charge in [-0.05, 0) is 44.5 Å². The lowest BCUT2D eigenvalue weighted by Gasteiger charge is -2.11. The molecule has 0 aliphatic carbocycles. The molecule has 0 atom stereocenters. The fourth-order valence-electron chi connectivity index (χ4n) is 1.61. The summed E-state index contributed by atoms with van der Waals surface area (Å²) < 4.78 is 32.0. The van der Waals surface area contributed by atoms with Crippen LogP contribution in [-0.4, -0.2) is 33.5 Å². The molecule has 0 aliphatic rings. The third kappa shape index (κ3) is 6.59. The van der Waals surface area contributed by atoms with Crippen molar-refractivity contribution in [2.24, 2.45) is 0 Å². The molecule has 1 rings (SSSR count). The molecule has 1 aromatic rings. The van der Waals surface area contributed by atoms with Gasteiger partial charge in [0.05, 0.1) is 11.0 Å². The average Bonchev–Trinajstić information content (AvgIpc) is 2.37. The Bertz CT molecular complexity index is 553. The van der Waals surface area contributed by atoms with Gasteiger partial charge in [-0.2, -0.15) is 0 Å². The summed E-state index contributed by atoms with van der Waals surface area (Å²) in [5.41, 5.74) is 0. The van der Waals surface area contributed by atoms with Crippen molar-refractivity contribution in [1.82, 2.24) is 10.0 Å². The van der Waals surface area contributed by atoms with Crippen molar-refractivity contribution in [2.45, 2.75) is 38.2 Å². The Morgan fingerprint density at radius 2 is 1.81 bits per heavy atom. The van der Waals surface area contributed by atoms with Gasteiger partial charge in [0, 0.05) is 20.0 Å². The lowest BCUT2D eigenvalue weighted by Crippen LogP contribution is -2.28. The van der Waals surface area contributed by atoms with Gasteiger partial charge < -0.3 is 10.1 Å². The number of rotatable bonds is 8. The Kier molecular flexibility index (Phi) is 6.64. The van der Waals surface area contributed by atoms with Crippen LogP contribution in [0.4, 0.5) is 0 Å². The zero-order valence-electron chi connectivity index (χ0n) is 12.5. The van der Waals surface area contributed by atoms with E-state index < -0.39 is 10.0 Å². The minimum absolute atomic E-state index is 0.0411. The summed E-state index contributed by atoms with van der Waals surface area (Å²) in [6, 6.07) is 6.28. The third-order valence-electron chi connectivity index (χ3n) is 2.53. The first-order valence-electron chi connectivity index (χ1n) is 6.82. The van der Waals surface area contributed by atoms with Crippen LogP contribution >= 0.6 is 0 Å². The second kappa shape index (κ2) is 7.99. The first-order valence-corrected chi connectivity index (χ1v) is 8.30. The van der Waals surface area contributed by atoms with Crippen LogP contribution in [-0.2, 0) is 14.8 Å². The molecule has 0 aliphatic heterocycles. The molecule has 1 amide bonds. The molecule has 1 aromatic carbocycles. The molecule has 0 unspecified atom stereocenters. The normalized spacial score (nSPS) is 11.4. The lowest BCUT2D eigenvalue weighted by molar-refractivity contribution is -0.118. The van der Waals surface area contributed by atoms with Crippen LogP contribution in [0.15, 0.2) is 29.2 Å². The summed E-state index contributed by atoms with van der Waals surface area (Å²) in [6.07, 6.45) is 0.576. The summed E-state index contributed by atoms with van der Waals surface area (Å²) in [7, 11) is -3.52. The number of carbonyl (C=O) groups is 1. The number of hydrogen-bond donors (Lipinski definition) is 2. The molecule has 0 spiro atoms. The van der Waals surface area contributed by atoms with E-state index in [1.165, 1.54) is 19.1 Å². The molecular weight excluding hydrogens is 292 g/mol. The van der Waals surface area contributed by atoms with Crippen molar-refractivity contribution in [3.05, 3.63) is 24.3 Å². The number of sulfonamides is 1. The minimum atomic E-state index is -3.52. The molecule has 21 heavy (non-hydrogen) atoms. The van der Waals surface area contributed by atoms with Crippen molar-refractivity contribution < 1.29 is 17.9 Å². The Hall–Kier alpha value is -1.60. The maximum atomic E-state index is 12.0. The quantitative estimate of drug-likeness (QED) is 0.708. The highest BCUT2D eigenvalue weighted by Crippen LogP contribution is 2.16. The zero-order valence-corrected chi connectivity index (χ0v) is 13.4.